The average molecular weight is 299 g/mol. The number of methoxy groups -OCH3 is 1. The Bertz CT molecular complexity index is 398. The van der Waals surface area contributed by atoms with E-state index >= 15 is 0 Å². The molecule has 0 aliphatic heterocycles. The fourth-order valence-corrected chi connectivity index (χ4v) is 2.23. The molecule has 0 saturated carbocycles. The summed E-state index contributed by atoms with van der Waals surface area (Å²) in [6.07, 6.45) is 0. The lowest BCUT2D eigenvalue weighted by Crippen LogP contribution is -2.38. The zero-order chi connectivity index (χ0) is 14.6. The SMILES string of the molecule is CCNC(=NCCOC)NCCSc1ccc(F)cc1. The summed E-state index contributed by atoms with van der Waals surface area (Å²) in [5, 5.41) is 6.42. The van der Waals surface area contributed by atoms with Crippen molar-refractivity contribution in [2.75, 3.05) is 39.1 Å². The molecule has 1 aromatic rings. The molecule has 0 fully saturated rings. The molecule has 0 bridgehead atoms. The maximum absolute atomic E-state index is 12.8. The summed E-state index contributed by atoms with van der Waals surface area (Å²) in [4.78, 5) is 5.43. The van der Waals surface area contributed by atoms with E-state index in [1.54, 1.807) is 31.0 Å². The number of hydrogen-bond acceptors (Lipinski definition) is 3. The summed E-state index contributed by atoms with van der Waals surface area (Å²) in [7, 11) is 1.66. The normalized spacial score (nSPS) is 11.4. The van der Waals surface area contributed by atoms with Gasteiger partial charge < -0.3 is 15.4 Å². The minimum absolute atomic E-state index is 0.202. The highest BCUT2D eigenvalue weighted by Crippen LogP contribution is 2.16. The first-order valence-corrected chi connectivity index (χ1v) is 7.64. The molecule has 0 aromatic heterocycles. The van der Waals surface area contributed by atoms with Crippen LogP contribution in [0.4, 0.5) is 4.39 Å². The van der Waals surface area contributed by atoms with Crippen LogP contribution < -0.4 is 10.6 Å². The third-order valence-corrected chi connectivity index (χ3v) is 3.40. The summed E-state index contributed by atoms with van der Waals surface area (Å²) in [6, 6.07) is 6.54. The van der Waals surface area contributed by atoms with E-state index in [9.17, 15) is 4.39 Å². The second kappa shape index (κ2) is 10.5. The van der Waals surface area contributed by atoms with Crippen molar-refractivity contribution in [2.24, 2.45) is 4.99 Å². The Morgan fingerprint density at radius 1 is 1.30 bits per heavy atom. The van der Waals surface area contributed by atoms with E-state index in [0.717, 1.165) is 29.7 Å². The summed E-state index contributed by atoms with van der Waals surface area (Å²) < 4.78 is 17.7. The maximum atomic E-state index is 12.8. The molecule has 0 spiro atoms. The zero-order valence-corrected chi connectivity index (χ0v) is 12.8. The van der Waals surface area contributed by atoms with E-state index in [2.05, 4.69) is 15.6 Å². The van der Waals surface area contributed by atoms with E-state index in [1.807, 2.05) is 6.92 Å². The quantitative estimate of drug-likeness (QED) is 0.334. The lowest BCUT2D eigenvalue weighted by Gasteiger charge is -2.11. The van der Waals surface area contributed by atoms with Crippen molar-refractivity contribution in [3.8, 4) is 0 Å². The third-order valence-electron chi connectivity index (χ3n) is 2.39. The number of hydrogen-bond donors (Lipinski definition) is 2. The van der Waals surface area contributed by atoms with E-state index in [4.69, 9.17) is 4.74 Å². The van der Waals surface area contributed by atoms with Crippen LogP contribution in [0.3, 0.4) is 0 Å². The molecular weight excluding hydrogens is 277 g/mol. The largest absolute Gasteiger partial charge is 0.383 e. The molecule has 0 radical (unpaired) electrons. The van der Waals surface area contributed by atoms with Gasteiger partial charge >= 0.3 is 0 Å². The van der Waals surface area contributed by atoms with Crippen molar-refractivity contribution in [3.63, 3.8) is 0 Å². The lowest BCUT2D eigenvalue weighted by atomic mass is 10.4. The van der Waals surface area contributed by atoms with Crippen molar-refractivity contribution >= 4 is 17.7 Å². The number of halogens is 1. The number of guanidine groups is 1. The summed E-state index contributed by atoms with van der Waals surface area (Å²) in [5.41, 5.74) is 0. The molecule has 20 heavy (non-hydrogen) atoms. The Kier molecular flexibility index (Phi) is 8.82. The second-order valence-electron chi connectivity index (χ2n) is 3.98. The Morgan fingerprint density at radius 2 is 2.05 bits per heavy atom. The predicted molar refractivity (Wildman–Crippen MR) is 83.0 cm³/mol. The molecule has 0 atom stereocenters. The molecule has 0 unspecified atom stereocenters. The molecule has 2 N–H and O–H groups in total. The monoisotopic (exact) mass is 299 g/mol. The first kappa shape index (κ1) is 16.8. The van der Waals surface area contributed by atoms with Gasteiger partial charge in [0.1, 0.15) is 5.82 Å². The molecule has 1 rings (SSSR count). The topological polar surface area (TPSA) is 45.7 Å². The van der Waals surface area contributed by atoms with Crippen LogP contribution in [-0.4, -0.2) is 45.1 Å². The van der Waals surface area contributed by atoms with Gasteiger partial charge in [-0.05, 0) is 31.2 Å². The molecule has 0 heterocycles. The van der Waals surface area contributed by atoms with Gasteiger partial charge in [0.2, 0.25) is 0 Å². The van der Waals surface area contributed by atoms with Gasteiger partial charge in [0.25, 0.3) is 0 Å². The molecular formula is C14H22FN3OS. The maximum Gasteiger partial charge on any atom is 0.191 e. The van der Waals surface area contributed by atoms with Crippen LogP contribution in [0.5, 0.6) is 0 Å². The first-order chi connectivity index (χ1) is 9.76. The minimum atomic E-state index is -0.202. The molecule has 6 heteroatoms. The molecule has 4 nitrogen and oxygen atoms in total. The standard InChI is InChI=1S/C14H22FN3OS/c1-3-16-14(17-8-10-19-2)18-9-11-20-13-6-4-12(15)5-7-13/h4-7H,3,8-11H2,1-2H3,(H2,16,17,18). The Morgan fingerprint density at radius 3 is 2.70 bits per heavy atom. The fraction of sp³-hybridized carbons (Fsp3) is 0.500. The van der Waals surface area contributed by atoms with Gasteiger partial charge in [-0.1, -0.05) is 0 Å². The highest BCUT2D eigenvalue weighted by atomic mass is 32.2. The molecule has 0 aliphatic rings. The Labute approximate surface area is 124 Å². The van der Waals surface area contributed by atoms with Gasteiger partial charge in [0.05, 0.1) is 13.2 Å². The van der Waals surface area contributed by atoms with Crippen LogP contribution in [0.25, 0.3) is 0 Å². The van der Waals surface area contributed by atoms with E-state index in [0.29, 0.717) is 13.2 Å². The van der Waals surface area contributed by atoms with Gasteiger partial charge in [-0.25, -0.2) is 4.39 Å². The number of thioether (sulfide) groups is 1. The number of ether oxygens (including phenoxy) is 1. The van der Waals surface area contributed by atoms with Crippen LogP contribution in [-0.2, 0) is 4.74 Å². The number of nitrogens with zero attached hydrogens (tertiary/aromatic N) is 1. The first-order valence-electron chi connectivity index (χ1n) is 6.65. The van der Waals surface area contributed by atoms with Gasteiger partial charge in [-0.3, -0.25) is 4.99 Å². The van der Waals surface area contributed by atoms with Crippen molar-refractivity contribution in [1.82, 2.24) is 10.6 Å². The van der Waals surface area contributed by atoms with Gasteiger partial charge in [-0.2, -0.15) is 0 Å². The number of nitrogens with one attached hydrogen (secondary N) is 2. The predicted octanol–water partition coefficient (Wildman–Crippen LogP) is 2.12. The minimum Gasteiger partial charge on any atom is -0.383 e. The lowest BCUT2D eigenvalue weighted by molar-refractivity contribution is 0.208. The van der Waals surface area contributed by atoms with Crippen LogP contribution in [0.1, 0.15) is 6.92 Å². The van der Waals surface area contributed by atoms with Gasteiger partial charge in [0.15, 0.2) is 5.96 Å². The highest BCUT2D eigenvalue weighted by molar-refractivity contribution is 7.99. The van der Waals surface area contributed by atoms with E-state index in [1.165, 1.54) is 12.1 Å². The molecule has 1 aromatic carbocycles. The number of rotatable bonds is 8. The van der Waals surface area contributed by atoms with E-state index in [-0.39, 0.29) is 5.82 Å². The summed E-state index contributed by atoms with van der Waals surface area (Å²) in [5.74, 6) is 1.48. The van der Waals surface area contributed by atoms with Gasteiger partial charge in [-0.15, -0.1) is 11.8 Å². The molecule has 0 saturated heterocycles. The summed E-state index contributed by atoms with van der Waals surface area (Å²) in [6.45, 7) is 4.89. The van der Waals surface area contributed by atoms with Crippen LogP contribution in [0.2, 0.25) is 0 Å². The third kappa shape index (κ3) is 7.35. The molecule has 0 amide bonds. The fourth-order valence-electron chi connectivity index (χ4n) is 1.46. The van der Waals surface area contributed by atoms with Gasteiger partial charge in [0, 0.05) is 30.8 Å². The van der Waals surface area contributed by atoms with E-state index < -0.39 is 0 Å². The van der Waals surface area contributed by atoms with Crippen molar-refractivity contribution in [2.45, 2.75) is 11.8 Å². The smallest absolute Gasteiger partial charge is 0.191 e. The number of benzene rings is 1. The van der Waals surface area contributed by atoms with Crippen LogP contribution in [0, 0.1) is 5.82 Å². The molecule has 112 valence electrons. The van der Waals surface area contributed by atoms with Crippen molar-refractivity contribution in [3.05, 3.63) is 30.1 Å². The molecule has 0 aliphatic carbocycles. The van der Waals surface area contributed by atoms with Crippen LogP contribution in [0.15, 0.2) is 34.2 Å². The second-order valence-corrected chi connectivity index (χ2v) is 5.15. The zero-order valence-electron chi connectivity index (χ0n) is 12.0. The highest BCUT2D eigenvalue weighted by Gasteiger charge is 1.98. The van der Waals surface area contributed by atoms with Crippen molar-refractivity contribution in [1.29, 1.82) is 0 Å². The van der Waals surface area contributed by atoms with Crippen LogP contribution >= 0.6 is 11.8 Å². The van der Waals surface area contributed by atoms with Crippen molar-refractivity contribution < 1.29 is 9.13 Å². The summed E-state index contributed by atoms with van der Waals surface area (Å²) >= 11 is 1.68. The Balaban J connectivity index is 2.25. The Hall–Kier alpha value is -1.27. The average Bonchev–Trinajstić information content (AvgIpc) is 2.45. The number of aliphatic imine (C=N–C) groups is 1.